The highest BCUT2D eigenvalue weighted by Crippen LogP contribution is 2.33. The topological polar surface area (TPSA) is 44.8 Å². The average Bonchev–Trinajstić information content (AvgIpc) is 2.28. The first-order chi connectivity index (χ1) is 7.65. The van der Waals surface area contributed by atoms with Crippen molar-refractivity contribution in [1.82, 2.24) is 0 Å². The zero-order valence-corrected chi connectivity index (χ0v) is 9.99. The Balaban J connectivity index is 3.28. The Kier molecular flexibility index (Phi) is 4.17. The molecule has 0 saturated heterocycles. The molecule has 0 unspecified atom stereocenters. The molecule has 0 fully saturated rings. The van der Waals surface area contributed by atoms with Gasteiger partial charge in [-0.2, -0.15) is 0 Å². The standard InChI is InChI=1S/C12H16O4/c1-5-16-12(13)10-8(2)6-7-9(14-3)11(10)15-4/h6-7H,5H2,1-4H3. The van der Waals surface area contributed by atoms with Crippen molar-refractivity contribution in [3.63, 3.8) is 0 Å². The number of esters is 1. The number of carbonyl (C=O) groups is 1. The van der Waals surface area contributed by atoms with Crippen LogP contribution in [-0.2, 0) is 4.74 Å². The van der Waals surface area contributed by atoms with E-state index in [-0.39, 0.29) is 0 Å². The van der Waals surface area contributed by atoms with E-state index in [4.69, 9.17) is 14.2 Å². The van der Waals surface area contributed by atoms with Crippen molar-refractivity contribution in [2.75, 3.05) is 20.8 Å². The number of ether oxygens (including phenoxy) is 3. The Labute approximate surface area is 95.1 Å². The molecule has 0 aliphatic carbocycles. The molecule has 0 aliphatic heterocycles. The second kappa shape index (κ2) is 5.39. The van der Waals surface area contributed by atoms with Crippen molar-refractivity contribution in [1.29, 1.82) is 0 Å². The number of carbonyl (C=O) groups excluding carboxylic acids is 1. The Bertz CT molecular complexity index is 385. The molecular formula is C12H16O4. The molecular weight excluding hydrogens is 208 g/mol. The third kappa shape index (κ3) is 2.27. The fourth-order valence-corrected chi connectivity index (χ4v) is 1.48. The van der Waals surface area contributed by atoms with E-state index in [2.05, 4.69) is 0 Å². The SMILES string of the molecule is CCOC(=O)c1c(C)ccc(OC)c1OC. The summed E-state index contributed by atoms with van der Waals surface area (Å²) in [5.74, 6) is 0.549. The van der Waals surface area contributed by atoms with Gasteiger partial charge in [-0.05, 0) is 25.5 Å². The monoisotopic (exact) mass is 224 g/mol. The summed E-state index contributed by atoms with van der Waals surface area (Å²) in [6, 6.07) is 3.56. The molecule has 0 aliphatic rings. The minimum absolute atomic E-state index is 0.332. The molecule has 0 atom stereocenters. The van der Waals surface area contributed by atoms with E-state index in [1.807, 2.05) is 6.92 Å². The molecule has 1 aromatic rings. The van der Waals surface area contributed by atoms with Crippen LogP contribution in [0.3, 0.4) is 0 Å². The van der Waals surface area contributed by atoms with E-state index in [0.29, 0.717) is 23.7 Å². The Morgan fingerprint density at radius 1 is 1.25 bits per heavy atom. The first kappa shape index (κ1) is 12.4. The summed E-state index contributed by atoms with van der Waals surface area (Å²) in [4.78, 5) is 11.8. The van der Waals surface area contributed by atoms with Gasteiger partial charge in [0.1, 0.15) is 5.56 Å². The summed E-state index contributed by atoms with van der Waals surface area (Å²) in [7, 11) is 3.03. The third-order valence-electron chi connectivity index (χ3n) is 2.23. The number of hydrogen-bond acceptors (Lipinski definition) is 4. The molecule has 0 radical (unpaired) electrons. The van der Waals surface area contributed by atoms with Gasteiger partial charge in [-0.3, -0.25) is 0 Å². The highest BCUT2D eigenvalue weighted by Gasteiger charge is 2.20. The zero-order chi connectivity index (χ0) is 12.1. The number of hydrogen-bond donors (Lipinski definition) is 0. The van der Waals surface area contributed by atoms with Crippen LogP contribution < -0.4 is 9.47 Å². The molecule has 0 heterocycles. The van der Waals surface area contributed by atoms with Gasteiger partial charge in [-0.25, -0.2) is 4.79 Å². The van der Waals surface area contributed by atoms with Crippen LogP contribution in [0.4, 0.5) is 0 Å². The van der Waals surface area contributed by atoms with Gasteiger partial charge < -0.3 is 14.2 Å². The van der Waals surface area contributed by atoms with Gasteiger partial charge in [0.2, 0.25) is 0 Å². The van der Waals surface area contributed by atoms with E-state index in [0.717, 1.165) is 5.56 Å². The molecule has 4 nitrogen and oxygen atoms in total. The van der Waals surface area contributed by atoms with Crippen LogP contribution in [-0.4, -0.2) is 26.8 Å². The second-order valence-corrected chi connectivity index (χ2v) is 3.21. The van der Waals surface area contributed by atoms with E-state index < -0.39 is 5.97 Å². The Hall–Kier alpha value is -1.71. The van der Waals surface area contributed by atoms with Crippen molar-refractivity contribution in [3.05, 3.63) is 23.3 Å². The zero-order valence-electron chi connectivity index (χ0n) is 9.99. The number of methoxy groups -OCH3 is 2. The quantitative estimate of drug-likeness (QED) is 0.735. The summed E-state index contributed by atoms with van der Waals surface area (Å²) >= 11 is 0. The molecule has 1 aromatic carbocycles. The third-order valence-corrected chi connectivity index (χ3v) is 2.23. The Morgan fingerprint density at radius 2 is 1.94 bits per heavy atom. The normalized spacial score (nSPS) is 9.75. The molecule has 16 heavy (non-hydrogen) atoms. The lowest BCUT2D eigenvalue weighted by Crippen LogP contribution is -2.09. The lowest BCUT2D eigenvalue weighted by molar-refractivity contribution is 0.0521. The average molecular weight is 224 g/mol. The molecule has 0 N–H and O–H groups in total. The van der Waals surface area contributed by atoms with Crippen molar-refractivity contribution < 1.29 is 19.0 Å². The predicted octanol–water partition coefficient (Wildman–Crippen LogP) is 2.19. The summed E-state index contributed by atoms with van der Waals surface area (Å²) in [6.07, 6.45) is 0. The fraction of sp³-hybridized carbons (Fsp3) is 0.417. The molecule has 0 spiro atoms. The number of aryl methyl sites for hydroxylation is 1. The number of benzene rings is 1. The maximum absolute atomic E-state index is 11.8. The molecule has 0 bridgehead atoms. The Morgan fingerprint density at radius 3 is 2.44 bits per heavy atom. The van der Waals surface area contributed by atoms with Gasteiger partial charge in [0.25, 0.3) is 0 Å². The first-order valence-corrected chi connectivity index (χ1v) is 5.04. The minimum atomic E-state index is -0.393. The van der Waals surface area contributed by atoms with Gasteiger partial charge >= 0.3 is 5.97 Å². The smallest absolute Gasteiger partial charge is 0.342 e. The van der Waals surface area contributed by atoms with Gasteiger partial charge in [-0.1, -0.05) is 6.07 Å². The van der Waals surface area contributed by atoms with Crippen LogP contribution in [0.2, 0.25) is 0 Å². The predicted molar refractivity (Wildman–Crippen MR) is 60.2 cm³/mol. The van der Waals surface area contributed by atoms with Crippen LogP contribution in [0.1, 0.15) is 22.8 Å². The molecule has 0 saturated carbocycles. The lowest BCUT2D eigenvalue weighted by atomic mass is 10.1. The van der Waals surface area contributed by atoms with Crippen molar-refractivity contribution in [2.24, 2.45) is 0 Å². The maximum atomic E-state index is 11.8. The van der Waals surface area contributed by atoms with Gasteiger partial charge in [0.15, 0.2) is 11.5 Å². The van der Waals surface area contributed by atoms with Gasteiger partial charge in [0.05, 0.1) is 20.8 Å². The summed E-state index contributed by atoms with van der Waals surface area (Å²) in [6.45, 7) is 3.92. The van der Waals surface area contributed by atoms with Gasteiger partial charge in [0, 0.05) is 0 Å². The maximum Gasteiger partial charge on any atom is 0.342 e. The van der Waals surface area contributed by atoms with Crippen LogP contribution in [0.5, 0.6) is 11.5 Å². The highest BCUT2D eigenvalue weighted by molar-refractivity contribution is 5.95. The summed E-state index contributed by atoms with van der Waals surface area (Å²) < 4.78 is 15.3. The fourth-order valence-electron chi connectivity index (χ4n) is 1.48. The minimum Gasteiger partial charge on any atom is -0.493 e. The van der Waals surface area contributed by atoms with Crippen LogP contribution in [0, 0.1) is 6.92 Å². The molecule has 1 rings (SSSR count). The largest absolute Gasteiger partial charge is 0.493 e. The lowest BCUT2D eigenvalue weighted by Gasteiger charge is -2.13. The molecule has 88 valence electrons. The van der Waals surface area contributed by atoms with E-state index in [1.165, 1.54) is 14.2 Å². The highest BCUT2D eigenvalue weighted by atomic mass is 16.5. The van der Waals surface area contributed by atoms with Gasteiger partial charge in [-0.15, -0.1) is 0 Å². The first-order valence-electron chi connectivity index (χ1n) is 5.04. The van der Waals surface area contributed by atoms with Crippen LogP contribution in [0.15, 0.2) is 12.1 Å². The van der Waals surface area contributed by atoms with Crippen LogP contribution >= 0.6 is 0 Å². The van der Waals surface area contributed by atoms with E-state index in [1.54, 1.807) is 19.1 Å². The second-order valence-electron chi connectivity index (χ2n) is 3.21. The summed E-state index contributed by atoms with van der Waals surface area (Å²) in [5, 5.41) is 0. The molecule has 0 aromatic heterocycles. The van der Waals surface area contributed by atoms with Crippen molar-refractivity contribution >= 4 is 5.97 Å². The summed E-state index contributed by atoms with van der Waals surface area (Å²) in [5.41, 5.74) is 1.22. The van der Waals surface area contributed by atoms with Crippen molar-refractivity contribution in [2.45, 2.75) is 13.8 Å². The van der Waals surface area contributed by atoms with Crippen molar-refractivity contribution in [3.8, 4) is 11.5 Å². The van der Waals surface area contributed by atoms with Crippen LogP contribution in [0.25, 0.3) is 0 Å². The van der Waals surface area contributed by atoms with E-state index >= 15 is 0 Å². The molecule has 4 heteroatoms. The number of rotatable bonds is 4. The molecule has 0 amide bonds. The van der Waals surface area contributed by atoms with E-state index in [9.17, 15) is 4.79 Å².